The van der Waals surface area contributed by atoms with E-state index in [0.717, 1.165) is 12.5 Å². The normalized spacial score (nSPS) is 11.0. The molecule has 1 rings (SSSR count). The third-order valence-corrected chi connectivity index (χ3v) is 2.71. The number of hydrogen-bond acceptors (Lipinski definition) is 3. The lowest BCUT2D eigenvalue weighted by Gasteiger charge is -2.09. The molecule has 0 fully saturated rings. The van der Waals surface area contributed by atoms with Crippen molar-refractivity contribution < 1.29 is 23.1 Å². The van der Waals surface area contributed by atoms with Gasteiger partial charge in [-0.1, -0.05) is 30.3 Å². The van der Waals surface area contributed by atoms with Crippen LogP contribution >= 0.6 is 0 Å². The molecule has 0 aromatic heterocycles. The molecule has 6 heteroatoms. The Hall–Kier alpha value is -1.98. The van der Waals surface area contributed by atoms with Crippen LogP contribution in [0.4, 0.5) is 13.6 Å². The van der Waals surface area contributed by atoms with Crippen molar-refractivity contribution in [3.05, 3.63) is 35.9 Å². The van der Waals surface area contributed by atoms with Gasteiger partial charge in [0.15, 0.2) is 5.78 Å². The van der Waals surface area contributed by atoms with Crippen molar-refractivity contribution in [2.24, 2.45) is 0 Å². The van der Waals surface area contributed by atoms with E-state index >= 15 is 0 Å². The maximum absolute atomic E-state index is 12.5. The highest BCUT2D eigenvalue weighted by molar-refractivity contribution is 5.83. The van der Waals surface area contributed by atoms with Crippen LogP contribution in [0.5, 0.6) is 0 Å². The maximum Gasteiger partial charge on any atom is 0.407 e. The number of ketones is 1. The fourth-order valence-electron chi connectivity index (χ4n) is 1.63. The van der Waals surface area contributed by atoms with Gasteiger partial charge in [0.2, 0.25) is 5.92 Å². The first-order chi connectivity index (χ1) is 9.87. The molecule has 1 aromatic rings. The monoisotopic (exact) mass is 299 g/mol. The van der Waals surface area contributed by atoms with Crippen molar-refractivity contribution in [3.8, 4) is 0 Å². The highest BCUT2D eigenvalue weighted by Crippen LogP contribution is 2.19. The van der Waals surface area contributed by atoms with E-state index in [4.69, 9.17) is 4.74 Å². The topological polar surface area (TPSA) is 55.4 Å². The van der Waals surface area contributed by atoms with Gasteiger partial charge in [-0.15, -0.1) is 0 Å². The van der Waals surface area contributed by atoms with Gasteiger partial charge in [0.05, 0.1) is 6.54 Å². The Morgan fingerprint density at radius 1 is 1.24 bits per heavy atom. The summed E-state index contributed by atoms with van der Waals surface area (Å²) in [5, 5.41) is 2.30. The summed E-state index contributed by atoms with van der Waals surface area (Å²) >= 11 is 0. The number of carbonyl (C=O) groups is 2. The second-order valence-corrected chi connectivity index (χ2v) is 4.88. The van der Waals surface area contributed by atoms with Crippen LogP contribution in [0.3, 0.4) is 0 Å². The number of hydrogen-bond donors (Lipinski definition) is 1. The Morgan fingerprint density at radius 3 is 2.52 bits per heavy atom. The van der Waals surface area contributed by atoms with Gasteiger partial charge < -0.3 is 10.1 Å². The fraction of sp³-hybridized carbons (Fsp3) is 0.467. The Morgan fingerprint density at radius 2 is 1.90 bits per heavy atom. The minimum Gasteiger partial charge on any atom is -0.445 e. The van der Waals surface area contributed by atoms with Crippen molar-refractivity contribution >= 4 is 11.9 Å². The molecule has 4 nitrogen and oxygen atoms in total. The van der Waals surface area contributed by atoms with Gasteiger partial charge in [-0.3, -0.25) is 4.79 Å². The third kappa shape index (κ3) is 8.73. The van der Waals surface area contributed by atoms with Gasteiger partial charge in [-0.2, -0.15) is 0 Å². The zero-order chi connectivity index (χ0) is 15.7. The molecule has 1 N–H and O–H groups in total. The van der Waals surface area contributed by atoms with E-state index in [1.165, 1.54) is 0 Å². The van der Waals surface area contributed by atoms with Crippen LogP contribution in [0.1, 0.15) is 31.7 Å². The predicted molar refractivity (Wildman–Crippen MR) is 74.1 cm³/mol. The molecule has 0 aliphatic rings. The lowest BCUT2D eigenvalue weighted by atomic mass is 10.1. The van der Waals surface area contributed by atoms with E-state index in [1.54, 1.807) is 0 Å². The first-order valence-electron chi connectivity index (χ1n) is 6.71. The number of halogens is 2. The summed E-state index contributed by atoms with van der Waals surface area (Å²) in [6.45, 7) is 0.725. The minimum atomic E-state index is -2.76. The average Bonchev–Trinajstić information content (AvgIpc) is 2.42. The molecular formula is C15H19F2NO3. The van der Waals surface area contributed by atoms with Gasteiger partial charge in [0.25, 0.3) is 0 Å². The summed E-state index contributed by atoms with van der Waals surface area (Å²) in [7, 11) is 0. The Kier molecular flexibility index (Phi) is 6.78. The van der Waals surface area contributed by atoms with E-state index in [2.05, 4.69) is 5.32 Å². The molecule has 1 aromatic carbocycles. The van der Waals surface area contributed by atoms with E-state index in [1.807, 2.05) is 30.3 Å². The molecule has 0 radical (unpaired) electrons. The Labute approximate surface area is 122 Å². The second kappa shape index (κ2) is 8.34. The quantitative estimate of drug-likeness (QED) is 0.801. The summed E-state index contributed by atoms with van der Waals surface area (Å²) < 4.78 is 30.0. The van der Waals surface area contributed by atoms with Gasteiger partial charge in [-0.05, 0) is 18.9 Å². The average molecular weight is 299 g/mol. The lowest BCUT2D eigenvalue weighted by Crippen LogP contribution is -2.30. The van der Waals surface area contributed by atoms with Crippen LogP contribution in [-0.2, 0) is 16.1 Å². The summed E-state index contributed by atoms with van der Waals surface area (Å²) in [6.07, 6.45) is -0.920. The third-order valence-electron chi connectivity index (χ3n) is 2.71. The number of alkyl halides is 2. The van der Waals surface area contributed by atoms with Crippen molar-refractivity contribution in [2.45, 2.75) is 38.7 Å². The zero-order valence-electron chi connectivity index (χ0n) is 11.9. The number of rotatable bonds is 8. The Balaban J connectivity index is 2.13. The van der Waals surface area contributed by atoms with E-state index < -0.39 is 12.0 Å². The number of ether oxygens (including phenoxy) is 1. The number of carbonyl (C=O) groups excluding carboxylic acids is 2. The zero-order valence-corrected chi connectivity index (χ0v) is 11.9. The molecule has 0 saturated carbocycles. The van der Waals surface area contributed by atoms with Crippen LogP contribution in [0.25, 0.3) is 0 Å². The molecule has 21 heavy (non-hydrogen) atoms. The molecule has 1 amide bonds. The van der Waals surface area contributed by atoms with Crippen molar-refractivity contribution in [3.63, 3.8) is 0 Å². The molecule has 0 aliphatic carbocycles. The molecule has 0 unspecified atom stereocenters. The first kappa shape index (κ1) is 17.1. The molecule has 0 heterocycles. The van der Waals surface area contributed by atoms with Gasteiger partial charge in [0.1, 0.15) is 6.61 Å². The van der Waals surface area contributed by atoms with E-state index in [9.17, 15) is 18.4 Å². The Bertz CT molecular complexity index is 458. The smallest absolute Gasteiger partial charge is 0.407 e. The number of benzene rings is 1. The van der Waals surface area contributed by atoms with E-state index in [-0.39, 0.29) is 38.2 Å². The largest absolute Gasteiger partial charge is 0.445 e. The second-order valence-electron chi connectivity index (χ2n) is 4.88. The molecule has 0 bridgehead atoms. The summed E-state index contributed by atoms with van der Waals surface area (Å²) in [4.78, 5) is 22.7. The molecule has 0 saturated heterocycles. The van der Waals surface area contributed by atoms with E-state index in [0.29, 0.717) is 0 Å². The molecular weight excluding hydrogens is 280 g/mol. The first-order valence-corrected chi connectivity index (χ1v) is 6.71. The van der Waals surface area contributed by atoms with Crippen molar-refractivity contribution in [1.82, 2.24) is 5.32 Å². The maximum atomic E-state index is 12.5. The summed E-state index contributed by atoms with van der Waals surface area (Å²) in [5.41, 5.74) is 0.837. The SMILES string of the molecule is CC(F)(F)CCCC(=O)CNC(=O)OCc1ccccc1. The van der Waals surface area contributed by atoms with Gasteiger partial charge >= 0.3 is 6.09 Å². The van der Waals surface area contributed by atoms with Gasteiger partial charge in [-0.25, -0.2) is 13.6 Å². The number of Topliss-reactive ketones (excluding diaryl/α,β-unsaturated/α-hetero) is 1. The van der Waals surface area contributed by atoms with Crippen LogP contribution in [0.2, 0.25) is 0 Å². The number of nitrogens with one attached hydrogen (secondary N) is 1. The van der Waals surface area contributed by atoms with Crippen molar-refractivity contribution in [2.75, 3.05) is 6.54 Å². The number of amides is 1. The highest BCUT2D eigenvalue weighted by atomic mass is 19.3. The van der Waals surface area contributed by atoms with Crippen LogP contribution in [-0.4, -0.2) is 24.3 Å². The molecule has 0 atom stereocenters. The molecule has 0 aliphatic heterocycles. The highest BCUT2D eigenvalue weighted by Gasteiger charge is 2.20. The van der Waals surface area contributed by atoms with Gasteiger partial charge in [0, 0.05) is 12.8 Å². The minimum absolute atomic E-state index is 0.0163. The summed E-state index contributed by atoms with van der Waals surface area (Å²) in [5.74, 6) is -3.06. The lowest BCUT2D eigenvalue weighted by molar-refractivity contribution is -0.118. The predicted octanol–water partition coefficient (Wildman–Crippen LogP) is 3.31. The van der Waals surface area contributed by atoms with Crippen molar-refractivity contribution in [1.29, 1.82) is 0 Å². The fourth-order valence-corrected chi connectivity index (χ4v) is 1.63. The number of alkyl carbamates (subject to hydrolysis) is 1. The molecule has 0 spiro atoms. The summed E-state index contributed by atoms with van der Waals surface area (Å²) in [6, 6.07) is 9.11. The molecule has 116 valence electrons. The van der Waals surface area contributed by atoms with Crippen LogP contribution in [0.15, 0.2) is 30.3 Å². The van der Waals surface area contributed by atoms with Crippen LogP contribution < -0.4 is 5.32 Å². The van der Waals surface area contributed by atoms with Crippen LogP contribution in [0, 0.1) is 0 Å². The standard InChI is InChI=1S/C15H19F2NO3/c1-15(16,17)9-5-8-13(19)10-18-14(20)21-11-12-6-3-2-4-7-12/h2-4,6-7H,5,8-11H2,1H3,(H,18,20).